The summed E-state index contributed by atoms with van der Waals surface area (Å²) in [6.45, 7) is 4.16. The Bertz CT molecular complexity index is 583. The molecule has 1 aromatic heterocycles. The molecule has 1 aromatic rings. The molecule has 0 aliphatic carbocycles. The van der Waals surface area contributed by atoms with Gasteiger partial charge < -0.3 is 19.9 Å². The van der Waals surface area contributed by atoms with Crippen LogP contribution in [0.1, 0.15) is 34.1 Å². The first-order valence-electron chi connectivity index (χ1n) is 7.89. The van der Waals surface area contributed by atoms with E-state index >= 15 is 0 Å². The van der Waals surface area contributed by atoms with Gasteiger partial charge in [0.15, 0.2) is 0 Å². The number of carbonyl (C=O) groups excluding carboxylic acids is 2. The van der Waals surface area contributed by atoms with Crippen LogP contribution in [0.4, 0.5) is 5.00 Å². The molecular formula is C16H25N3O3S. The van der Waals surface area contributed by atoms with Gasteiger partial charge in [0.25, 0.3) is 0 Å². The van der Waals surface area contributed by atoms with E-state index in [1.165, 1.54) is 0 Å². The fraction of sp³-hybridized carbons (Fsp3) is 0.625. The molecule has 0 atom stereocenters. The molecule has 23 heavy (non-hydrogen) atoms. The molecule has 128 valence electrons. The summed E-state index contributed by atoms with van der Waals surface area (Å²) in [5.74, 6) is -0.108. The van der Waals surface area contributed by atoms with Crippen LogP contribution in [0.5, 0.6) is 0 Å². The van der Waals surface area contributed by atoms with Crippen LogP contribution in [0.2, 0.25) is 0 Å². The Morgan fingerprint density at radius 2 is 2.13 bits per heavy atom. The van der Waals surface area contributed by atoms with Gasteiger partial charge in [-0.2, -0.15) is 0 Å². The van der Waals surface area contributed by atoms with Crippen molar-refractivity contribution in [2.75, 3.05) is 46.2 Å². The molecule has 0 fully saturated rings. The summed E-state index contributed by atoms with van der Waals surface area (Å²) in [6, 6.07) is 0. The van der Waals surface area contributed by atoms with Crippen LogP contribution < -0.4 is 5.32 Å². The molecule has 0 radical (unpaired) electrons. The molecule has 0 unspecified atom stereocenters. The van der Waals surface area contributed by atoms with Crippen molar-refractivity contribution in [1.29, 1.82) is 0 Å². The smallest absolute Gasteiger partial charge is 0.341 e. The SMILES string of the molecule is CCOC(=O)c1c(NC)sc2c1CCN(C(=O)CCN(C)C)C2. The number of amides is 1. The Kier molecular flexibility index (Phi) is 6.01. The zero-order valence-corrected chi connectivity index (χ0v) is 15.1. The Morgan fingerprint density at radius 3 is 2.74 bits per heavy atom. The van der Waals surface area contributed by atoms with Gasteiger partial charge in [-0.15, -0.1) is 11.3 Å². The highest BCUT2D eigenvalue weighted by molar-refractivity contribution is 7.16. The van der Waals surface area contributed by atoms with Crippen molar-refractivity contribution in [1.82, 2.24) is 9.80 Å². The van der Waals surface area contributed by atoms with E-state index in [0.29, 0.717) is 38.1 Å². The molecule has 1 aliphatic rings. The zero-order valence-electron chi connectivity index (χ0n) is 14.3. The average Bonchev–Trinajstić information content (AvgIpc) is 2.90. The lowest BCUT2D eigenvalue weighted by Gasteiger charge is -2.27. The Labute approximate surface area is 141 Å². The monoisotopic (exact) mass is 339 g/mol. The van der Waals surface area contributed by atoms with E-state index < -0.39 is 0 Å². The van der Waals surface area contributed by atoms with E-state index in [-0.39, 0.29) is 11.9 Å². The van der Waals surface area contributed by atoms with Crippen molar-refractivity contribution in [3.63, 3.8) is 0 Å². The maximum absolute atomic E-state index is 12.3. The average molecular weight is 339 g/mol. The first-order valence-corrected chi connectivity index (χ1v) is 8.71. The van der Waals surface area contributed by atoms with Crippen LogP contribution in [0.15, 0.2) is 0 Å². The molecule has 2 rings (SSSR count). The molecule has 1 amide bonds. The second-order valence-corrected chi connectivity index (χ2v) is 6.90. The number of ether oxygens (including phenoxy) is 1. The minimum atomic E-state index is -0.276. The van der Waals surface area contributed by atoms with Gasteiger partial charge >= 0.3 is 5.97 Å². The largest absolute Gasteiger partial charge is 0.462 e. The standard InChI is InChI=1S/C16H25N3O3S/c1-5-22-16(21)14-11-6-9-19(13(20)7-8-18(3)4)10-12(11)23-15(14)17-2/h17H,5-10H2,1-4H3. The summed E-state index contributed by atoms with van der Waals surface area (Å²) < 4.78 is 5.18. The van der Waals surface area contributed by atoms with Crippen LogP contribution in [-0.2, 0) is 22.5 Å². The molecule has 7 heteroatoms. The number of fused-ring (bicyclic) bond motifs is 1. The number of hydrogen-bond acceptors (Lipinski definition) is 6. The van der Waals surface area contributed by atoms with E-state index in [1.54, 1.807) is 25.3 Å². The normalized spacial score (nSPS) is 13.9. The first kappa shape index (κ1) is 17.7. The summed E-state index contributed by atoms with van der Waals surface area (Å²) in [6.07, 6.45) is 1.23. The highest BCUT2D eigenvalue weighted by atomic mass is 32.1. The number of hydrogen-bond donors (Lipinski definition) is 1. The summed E-state index contributed by atoms with van der Waals surface area (Å²) in [4.78, 5) is 29.5. The highest BCUT2D eigenvalue weighted by Gasteiger charge is 2.29. The van der Waals surface area contributed by atoms with E-state index in [1.807, 2.05) is 23.9 Å². The quantitative estimate of drug-likeness (QED) is 0.801. The lowest BCUT2D eigenvalue weighted by Crippen LogP contribution is -2.37. The van der Waals surface area contributed by atoms with Gasteiger partial charge in [-0.3, -0.25) is 4.79 Å². The first-order chi connectivity index (χ1) is 11.0. The number of thiophene rings is 1. The van der Waals surface area contributed by atoms with E-state index in [4.69, 9.17) is 4.74 Å². The lowest BCUT2D eigenvalue weighted by molar-refractivity contribution is -0.132. The predicted octanol–water partition coefficient (Wildman–Crippen LogP) is 1.80. The summed E-state index contributed by atoms with van der Waals surface area (Å²) in [5, 5.41) is 3.91. The van der Waals surface area contributed by atoms with Crippen molar-refractivity contribution < 1.29 is 14.3 Å². The molecule has 0 aromatic carbocycles. The molecule has 1 aliphatic heterocycles. The minimum absolute atomic E-state index is 0.168. The third-order valence-corrected chi connectivity index (χ3v) is 5.12. The van der Waals surface area contributed by atoms with Crippen molar-refractivity contribution in [3.05, 3.63) is 16.0 Å². The van der Waals surface area contributed by atoms with Gasteiger partial charge in [-0.05, 0) is 33.0 Å². The molecule has 0 saturated heterocycles. The van der Waals surface area contributed by atoms with Gasteiger partial charge in [0.1, 0.15) is 5.00 Å². The Morgan fingerprint density at radius 1 is 1.39 bits per heavy atom. The van der Waals surface area contributed by atoms with Gasteiger partial charge in [-0.1, -0.05) is 0 Å². The molecule has 1 N–H and O–H groups in total. The third-order valence-electron chi connectivity index (χ3n) is 3.89. The second-order valence-electron chi connectivity index (χ2n) is 5.80. The molecule has 0 bridgehead atoms. The van der Waals surface area contributed by atoms with Crippen molar-refractivity contribution in [2.45, 2.75) is 26.3 Å². The van der Waals surface area contributed by atoms with Gasteiger partial charge in [0, 0.05) is 31.4 Å². The van der Waals surface area contributed by atoms with Crippen molar-refractivity contribution in [3.8, 4) is 0 Å². The van der Waals surface area contributed by atoms with E-state index in [0.717, 1.165) is 22.0 Å². The van der Waals surface area contributed by atoms with Crippen LogP contribution in [-0.4, -0.2) is 62.5 Å². The van der Waals surface area contributed by atoms with E-state index in [2.05, 4.69) is 5.32 Å². The summed E-state index contributed by atoms with van der Waals surface area (Å²) >= 11 is 1.55. The van der Waals surface area contributed by atoms with Crippen LogP contribution >= 0.6 is 11.3 Å². The number of nitrogens with zero attached hydrogens (tertiary/aromatic N) is 2. The number of esters is 1. The highest BCUT2D eigenvalue weighted by Crippen LogP contribution is 2.37. The third kappa shape index (κ3) is 4.03. The van der Waals surface area contributed by atoms with Crippen molar-refractivity contribution in [2.24, 2.45) is 0 Å². The lowest BCUT2D eigenvalue weighted by atomic mass is 10.0. The Hall–Kier alpha value is -1.60. The molecule has 6 nitrogen and oxygen atoms in total. The van der Waals surface area contributed by atoms with Gasteiger partial charge in [-0.25, -0.2) is 4.79 Å². The van der Waals surface area contributed by atoms with E-state index in [9.17, 15) is 9.59 Å². The summed E-state index contributed by atoms with van der Waals surface area (Å²) in [5.41, 5.74) is 1.68. The van der Waals surface area contributed by atoms with Crippen LogP contribution in [0, 0.1) is 0 Å². The Balaban J connectivity index is 2.15. The zero-order chi connectivity index (χ0) is 17.0. The number of anilines is 1. The van der Waals surface area contributed by atoms with Crippen LogP contribution in [0.3, 0.4) is 0 Å². The molecular weight excluding hydrogens is 314 g/mol. The van der Waals surface area contributed by atoms with Gasteiger partial charge in [0.05, 0.1) is 18.7 Å². The predicted molar refractivity (Wildman–Crippen MR) is 92.1 cm³/mol. The fourth-order valence-electron chi connectivity index (χ4n) is 2.69. The van der Waals surface area contributed by atoms with Crippen molar-refractivity contribution >= 4 is 28.2 Å². The molecule has 2 heterocycles. The minimum Gasteiger partial charge on any atom is -0.462 e. The summed E-state index contributed by atoms with van der Waals surface area (Å²) in [7, 11) is 5.73. The topological polar surface area (TPSA) is 61.9 Å². The second kappa shape index (κ2) is 7.79. The molecule has 0 spiro atoms. The maximum atomic E-state index is 12.3. The number of carbonyl (C=O) groups is 2. The maximum Gasteiger partial charge on any atom is 0.341 e. The molecule has 0 saturated carbocycles. The fourth-order valence-corrected chi connectivity index (χ4v) is 3.89. The van der Waals surface area contributed by atoms with Crippen LogP contribution in [0.25, 0.3) is 0 Å². The number of nitrogens with one attached hydrogen (secondary N) is 1. The number of rotatable bonds is 6. The van der Waals surface area contributed by atoms with Gasteiger partial charge in [0.2, 0.25) is 5.91 Å².